The molecular formula is C28H55BrO2. The lowest BCUT2D eigenvalue weighted by molar-refractivity contribution is -0.143. The highest BCUT2D eigenvalue weighted by molar-refractivity contribution is 9.09. The average Bonchev–Trinajstić information content (AvgIpc) is 2.78. The van der Waals surface area contributed by atoms with Crippen LogP contribution in [0.2, 0.25) is 0 Å². The van der Waals surface area contributed by atoms with Crippen LogP contribution in [-0.4, -0.2) is 17.9 Å². The van der Waals surface area contributed by atoms with Gasteiger partial charge in [0.1, 0.15) is 0 Å². The van der Waals surface area contributed by atoms with Gasteiger partial charge in [-0.05, 0) is 25.2 Å². The van der Waals surface area contributed by atoms with Crippen LogP contribution in [0.25, 0.3) is 0 Å². The number of carbonyl (C=O) groups excluding carboxylic acids is 1. The molecule has 0 fully saturated rings. The fraction of sp³-hybridized carbons (Fsp3) is 0.964. The Balaban J connectivity index is 3.94. The summed E-state index contributed by atoms with van der Waals surface area (Å²) in [5.41, 5.74) is 0. The summed E-state index contributed by atoms with van der Waals surface area (Å²) in [6.07, 6.45) is 28.9. The Morgan fingerprint density at radius 3 is 1.48 bits per heavy atom. The van der Waals surface area contributed by atoms with Gasteiger partial charge in [-0.25, -0.2) is 0 Å². The maximum Gasteiger partial charge on any atom is 0.305 e. The molecule has 3 heteroatoms. The molecule has 0 saturated carbocycles. The Bertz CT molecular complexity index is 339. The van der Waals surface area contributed by atoms with E-state index < -0.39 is 0 Å². The summed E-state index contributed by atoms with van der Waals surface area (Å²) in [6, 6.07) is 0. The zero-order valence-corrected chi connectivity index (χ0v) is 22.8. The Morgan fingerprint density at radius 2 is 1.03 bits per heavy atom. The topological polar surface area (TPSA) is 26.3 Å². The van der Waals surface area contributed by atoms with Crippen molar-refractivity contribution in [1.82, 2.24) is 0 Å². The number of hydrogen-bond donors (Lipinski definition) is 0. The van der Waals surface area contributed by atoms with E-state index in [1.54, 1.807) is 0 Å². The number of ether oxygens (including phenoxy) is 1. The van der Waals surface area contributed by atoms with E-state index in [1.807, 2.05) is 0 Å². The van der Waals surface area contributed by atoms with E-state index >= 15 is 0 Å². The van der Waals surface area contributed by atoms with Crippen LogP contribution in [0.4, 0.5) is 0 Å². The van der Waals surface area contributed by atoms with Gasteiger partial charge in [0, 0.05) is 11.8 Å². The summed E-state index contributed by atoms with van der Waals surface area (Å²) in [4.78, 5) is 11.7. The first-order valence-electron chi connectivity index (χ1n) is 14.0. The smallest absolute Gasteiger partial charge is 0.305 e. The van der Waals surface area contributed by atoms with Gasteiger partial charge in [0.2, 0.25) is 0 Å². The van der Waals surface area contributed by atoms with Gasteiger partial charge in [-0.3, -0.25) is 4.79 Å². The number of halogens is 1. The molecule has 186 valence electrons. The fourth-order valence-electron chi connectivity index (χ4n) is 4.41. The number of rotatable bonds is 25. The predicted octanol–water partition coefficient (Wildman–Crippen LogP) is 10.2. The summed E-state index contributed by atoms with van der Waals surface area (Å²) in [6.45, 7) is 5.19. The Morgan fingerprint density at radius 1 is 0.613 bits per heavy atom. The molecule has 0 aliphatic heterocycles. The molecule has 31 heavy (non-hydrogen) atoms. The lowest BCUT2D eigenvalue weighted by atomic mass is 9.90. The summed E-state index contributed by atoms with van der Waals surface area (Å²) in [5, 5.41) is 0.876. The molecule has 0 aliphatic carbocycles. The minimum Gasteiger partial charge on any atom is -0.466 e. The molecule has 0 radical (unpaired) electrons. The quantitative estimate of drug-likeness (QED) is 0.0704. The molecule has 0 amide bonds. The Hall–Kier alpha value is -0.0500. The predicted molar refractivity (Wildman–Crippen MR) is 141 cm³/mol. The maximum atomic E-state index is 11.7. The van der Waals surface area contributed by atoms with Crippen LogP contribution in [0, 0.1) is 5.92 Å². The molecule has 0 unspecified atom stereocenters. The lowest BCUT2D eigenvalue weighted by Crippen LogP contribution is -2.08. The van der Waals surface area contributed by atoms with E-state index in [-0.39, 0.29) is 5.97 Å². The first-order chi connectivity index (χ1) is 15.2. The normalized spacial score (nSPS) is 11.4. The van der Waals surface area contributed by atoms with Crippen molar-refractivity contribution in [2.24, 2.45) is 5.92 Å². The van der Waals surface area contributed by atoms with Crippen molar-refractivity contribution in [1.29, 1.82) is 0 Å². The standard InChI is InChI=1S/C28H55BrO2/c1-3-5-7-9-11-13-15-17-21-27(22-18-16-14-12-10-8-6-4-2)23-20-26-31-28(30)24-19-25-29/h27H,3-26H2,1-2H3. The van der Waals surface area contributed by atoms with Gasteiger partial charge in [0.05, 0.1) is 6.61 Å². The molecule has 0 aromatic heterocycles. The first-order valence-corrected chi connectivity index (χ1v) is 15.1. The van der Waals surface area contributed by atoms with Crippen molar-refractivity contribution in [2.45, 2.75) is 155 Å². The zero-order valence-electron chi connectivity index (χ0n) is 21.2. The third-order valence-corrected chi connectivity index (χ3v) is 7.03. The molecule has 0 spiro atoms. The van der Waals surface area contributed by atoms with E-state index in [0.29, 0.717) is 13.0 Å². The largest absolute Gasteiger partial charge is 0.466 e. The van der Waals surface area contributed by atoms with E-state index in [4.69, 9.17) is 4.74 Å². The SMILES string of the molecule is CCCCCCCCCCC(CCCCCCCCCC)CCCOC(=O)CCCBr. The van der Waals surface area contributed by atoms with Crippen molar-refractivity contribution in [3.8, 4) is 0 Å². The van der Waals surface area contributed by atoms with Crippen molar-refractivity contribution >= 4 is 21.9 Å². The fourth-order valence-corrected chi connectivity index (χ4v) is 4.69. The molecule has 0 heterocycles. The molecule has 0 saturated heterocycles. The second-order valence-electron chi connectivity index (χ2n) is 9.55. The van der Waals surface area contributed by atoms with Crippen molar-refractivity contribution in [3.63, 3.8) is 0 Å². The molecule has 0 rings (SSSR count). The Kier molecular flexibility index (Phi) is 26.2. The second-order valence-corrected chi connectivity index (χ2v) is 10.3. The van der Waals surface area contributed by atoms with Crippen LogP contribution < -0.4 is 0 Å². The molecule has 0 bridgehead atoms. The van der Waals surface area contributed by atoms with Crippen LogP contribution in [0.3, 0.4) is 0 Å². The number of alkyl halides is 1. The van der Waals surface area contributed by atoms with Crippen LogP contribution in [-0.2, 0) is 9.53 Å². The molecular weight excluding hydrogens is 448 g/mol. The number of carbonyl (C=O) groups is 1. The molecule has 0 atom stereocenters. The summed E-state index contributed by atoms with van der Waals surface area (Å²) >= 11 is 3.37. The molecule has 0 aromatic carbocycles. The van der Waals surface area contributed by atoms with E-state index in [0.717, 1.165) is 24.1 Å². The minimum atomic E-state index is -0.0258. The third-order valence-electron chi connectivity index (χ3n) is 6.47. The van der Waals surface area contributed by atoms with Crippen LogP contribution in [0.5, 0.6) is 0 Å². The number of unbranched alkanes of at least 4 members (excludes halogenated alkanes) is 14. The van der Waals surface area contributed by atoms with E-state index in [9.17, 15) is 4.79 Å². The minimum absolute atomic E-state index is 0.0258. The summed E-state index contributed by atoms with van der Waals surface area (Å²) in [7, 11) is 0. The second kappa shape index (κ2) is 26.2. The summed E-state index contributed by atoms with van der Waals surface area (Å²) in [5.74, 6) is 0.809. The highest BCUT2D eigenvalue weighted by Gasteiger charge is 2.10. The lowest BCUT2D eigenvalue weighted by Gasteiger charge is -2.17. The van der Waals surface area contributed by atoms with Crippen LogP contribution in [0.1, 0.15) is 155 Å². The maximum absolute atomic E-state index is 11.7. The highest BCUT2D eigenvalue weighted by Crippen LogP contribution is 2.23. The van der Waals surface area contributed by atoms with Gasteiger partial charge in [-0.2, -0.15) is 0 Å². The van der Waals surface area contributed by atoms with E-state index in [1.165, 1.54) is 122 Å². The van der Waals surface area contributed by atoms with Gasteiger partial charge in [-0.15, -0.1) is 0 Å². The zero-order chi connectivity index (χ0) is 22.8. The van der Waals surface area contributed by atoms with Gasteiger partial charge in [0.15, 0.2) is 0 Å². The van der Waals surface area contributed by atoms with E-state index in [2.05, 4.69) is 29.8 Å². The van der Waals surface area contributed by atoms with Gasteiger partial charge in [0.25, 0.3) is 0 Å². The number of esters is 1. The molecule has 0 aromatic rings. The Labute approximate surface area is 204 Å². The highest BCUT2D eigenvalue weighted by atomic mass is 79.9. The number of hydrogen-bond acceptors (Lipinski definition) is 2. The van der Waals surface area contributed by atoms with Gasteiger partial charge >= 0.3 is 5.97 Å². The van der Waals surface area contributed by atoms with Crippen molar-refractivity contribution in [3.05, 3.63) is 0 Å². The molecule has 2 nitrogen and oxygen atoms in total. The van der Waals surface area contributed by atoms with Gasteiger partial charge in [-0.1, -0.05) is 145 Å². The third kappa shape index (κ3) is 24.4. The van der Waals surface area contributed by atoms with Crippen molar-refractivity contribution in [2.75, 3.05) is 11.9 Å². The van der Waals surface area contributed by atoms with Crippen molar-refractivity contribution < 1.29 is 9.53 Å². The van der Waals surface area contributed by atoms with Gasteiger partial charge < -0.3 is 4.74 Å². The monoisotopic (exact) mass is 502 g/mol. The van der Waals surface area contributed by atoms with Crippen LogP contribution >= 0.6 is 15.9 Å². The van der Waals surface area contributed by atoms with Crippen LogP contribution in [0.15, 0.2) is 0 Å². The molecule has 0 N–H and O–H groups in total. The summed E-state index contributed by atoms with van der Waals surface area (Å²) < 4.78 is 5.41. The first kappa shape index (κ1) is 30.9. The molecule has 0 aliphatic rings. The average molecular weight is 504 g/mol.